The average Bonchev–Trinajstić information content (AvgIpc) is 2.66. The number of likely N-dealkylation sites (N-methyl/N-ethyl adjacent to an activating group) is 1. The fraction of sp³-hybridized carbons (Fsp3) is 0.600. The smallest absolute Gasteiger partial charge is 0.243 e. The van der Waals surface area contributed by atoms with E-state index in [2.05, 4.69) is 57.4 Å². The van der Waals surface area contributed by atoms with Crippen LogP contribution in [0.5, 0.6) is 0 Å². The largest absolute Gasteiger partial charge is 0.356 e. The Morgan fingerprint density at radius 2 is 1.81 bits per heavy atom. The van der Waals surface area contributed by atoms with E-state index < -0.39 is 0 Å². The normalized spacial score (nSPS) is 15.2. The van der Waals surface area contributed by atoms with Crippen molar-refractivity contribution in [1.82, 2.24) is 20.0 Å². The SMILES string of the molecule is CCCCNC(=NCC(=O)N(C)C)N1CCN(Cc2ccccc2)CC1.I. The van der Waals surface area contributed by atoms with Crippen molar-refractivity contribution in [2.45, 2.75) is 26.3 Å². The van der Waals surface area contributed by atoms with E-state index in [4.69, 9.17) is 0 Å². The first-order valence-electron chi connectivity index (χ1n) is 9.60. The lowest BCUT2D eigenvalue weighted by Gasteiger charge is -2.36. The number of carbonyl (C=O) groups is 1. The van der Waals surface area contributed by atoms with Gasteiger partial charge in [-0.15, -0.1) is 24.0 Å². The molecule has 1 aliphatic heterocycles. The maximum Gasteiger partial charge on any atom is 0.243 e. The number of unbranched alkanes of at least 4 members (excludes halogenated alkanes) is 1. The first-order valence-corrected chi connectivity index (χ1v) is 9.60. The van der Waals surface area contributed by atoms with Gasteiger partial charge < -0.3 is 15.1 Å². The van der Waals surface area contributed by atoms with Gasteiger partial charge in [-0.3, -0.25) is 9.69 Å². The van der Waals surface area contributed by atoms with Gasteiger partial charge in [0, 0.05) is 53.4 Å². The van der Waals surface area contributed by atoms with Crippen molar-refractivity contribution in [2.24, 2.45) is 4.99 Å². The molecule has 0 spiro atoms. The lowest BCUT2D eigenvalue weighted by molar-refractivity contribution is -0.127. The van der Waals surface area contributed by atoms with E-state index in [9.17, 15) is 4.79 Å². The molecule has 0 atom stereocenters. The van der Waals surface area contributed by atoms with Gasteiger partial charge in [0.25, 0.3) is 0 Å². The number of benzene rings is 1. The zero-order valence-electron chi connectivity index (χ0n) is 16.9. The second-order valence-electron chi connectivity index (χ2n) is 6.96. The highest BCUT2D eigenvalue weighted by atomic mass is 127. The number of hydrogen-bond donors (Lipinski definition) is 1. The maximum absolute atomic E-state index is 11.9. The molecule has 1 N–H and O–H groups in total. The van der Waals surface area contributed by atoms with Gasteiger partial charge in [0.1, 0.15) is 6.54 Å². The first-order chi connectivity index (χ1) is 12.6. The molecule has 1 aliphatic rings. The van der Waals surface area contributed by atoms with E-state index in [1.54, 1.807) is 19.0 Å². The van der Waals surface area contributed by atoms with Crippen molar-refractivity contribution in [3.05, 3.63) is 35.9 Å². The Bertz CT molecular complexity index is 571. The van der Waals surface area contributed by atoms with Crippen molar-refractivity contribution >= 4 is 35.8 Å². The number of nitrogens with zero attached hydrogens (tertiary/aromatic N) is 4. The average molecular weight is 487 g/mol. The highest BCUT2D eigenvalue weighted by Crippen LogP contribution is 2.08. The van der Waals surface area contributed by atoms with Crippen molar-refractivity contribution < 1.29 is 4.79 Å². The van der Waals surface area contributed by atoms with Crippen LogP contribution >= 0.6 is 24.0 Å². The van der Waals surface area contributed by atoms with Gasteiger partial charge in [-0.1, -0.05) is 43.7 Å². The van der Waals surface area contributed by atoms with Crippen LogP contribution in [0.25, 0.3) is 0 Å². The van der Waals surface area contributed by atoms with E-state index >= 15 is 0 Å². The topological polar surface area (TPSA) is 51.2 Å². The lowest BCUT2D eigenvalue weighted by Crippen LogP contribution is -2.52. The number of carbonyl (C=O) groups excluding carboxylic acids is 1. The van der Waals surface area contributed by atoms with E-state index in [0.717, 1.165) is 58.1 Å². The minimum absolute atomic E-state index is 0. The molecule has 1 aromatic rings. The number of guanidine groups is 1. The number of rotatable bonds is 7. The molecule has 1 aromatic carbocycles. The summed E-state index contributed by atoms with van der Waals surface area (Å²) in [5, 5.41) is 3.44. The Hall–Kier alpha value is -1.35. The van der Waals surface area contributed by atoms with E-state index in [0.29, 0.717) is 0 Å². The molecule has 27 heavy (non-hydrogen) atoms. The molecule has 6 nitrogen and oxygen atoms in total. The van der Waals surface area contributed by atoms with Crippen LogP contribution in [-0.4, -0.2) is 79.9 Å². The third-order valence-corrected chi connectivity index (χ3v) is 4.60. The van der Waals surface area contributed by atoms with Gasteiger partial charge in [0.2, 0.25) is 5.91 Å². The number of halogens is 1. The summed E-state index contributed by atoms with van der Waals surface area (Å²) in [7, 11) is 3.54. The number of nitrogens with one attached hydrogen (secondary N) is 1. The zero-order chi connectivity index (χ0) is 18.8. The Morgan fingerprint density at radius 1 is 1.15 bits per heavy atom. The molecule has 0 unspecified atom stereocenters. The molecule has 0 radical (unpaired) electrons. The van der Waals surface area contributed by atoms with Crippen LogP contribution in [0, 0.1) is 0 Å². The molecule has 1 fully saturated rings. The van der Waals surface area contributed by atoms with Crippen molar-refractivity contribution in [3.63, 3.8) is 0 Å². The summed E-state index contributed by atoms with van der Waals surface area (Å²) in [6.45, 7) is 8.14. The summed E-state index contributed by atoms with van der Waals surface area (Å²) in [5.41, 5.74) is 1.35. The maximum atomic E-state index is 11.9. The Morgan fingerprint density at radius 3 is 2.41 bits per heavy atom. The lowest BCUT2D eigenvalue weighted by atomic mass is 10.2. The number of hydrogen-bond acceptors (Lipinski definition) is 3. The zero-order valence-corrected chi connectivity index (χ0v) is 19.2. The van der Waals surface area contributed by atoms with E-state index in [1.807, 2.05) is 0 Å². The third kappa shape index (κ3) is 8.47. The van der Waals surface area contributed by atoms with Crippen molar-refractivity contribution in [1.29, 1.82) is 0 Å². The Labute approximate surface area is 181 Å². The van der Waals surface area contributed by atoms with Crippen LogP contribution in [0.3, 0.4) is 0 Å². The Balaban J connectivity index is 0.00000364. The first kappa shape index (κ1) is 23.7. The summed E-state index contributed by atoms with van der Waals surface area (Å²) < 4.78 is 0. The predicted molar refractivity (Wildman–Crippen MR) is 123 cm³/mol. The highest BCUT2D eigenvalue weighted by Gasteiger charge is 2.20. The molecule has 0 bridgehead atoms. The van der Waals surface area contributed by atoms with Crippen LogP contribution in [-0.2, 0) is 11.3 Å². The second-order valence-corrected chi connectivity index (χ2v) is 6.96. The summed E-state index contributed by atoms with van der Waals surface area (Å²) in [4.78, 5) is 22.8. The predicted octanol–water partition coefficient (Wildman–Crippen LogP) is 2.26. The monoisotopic (exact) mass is 487 g/mol. The molecule has 1 heterocycles. The number of piperazine rings is 1. The fourth-order valence-electron chi connectivity index (χ4n) is 2.89. The summed E-state index contributed by atoms with van der Waals surface area (Å²) >= 11 is 0. The minimum Gasteiger partial charge on any atom is -0.356 e. The molecule has 2 rings (SSSR count). The fourth-order valence-corrected chi connectivity index (χ4v) is 2.89. The Kier molecular flexibility index (Phi) is 11.3. The molecule has 7 heteroatoms. The van der Waals surface area contributed by atoms with Crippen LogP contribution in [0.15, 0.2) is 35.3 Å². The van der Waals surface area contributed by atoms with Crippen LogP contribution in [0.4, 0.5) is 0 Å². The quantitative estimate of drug-likeness (QED) is 0.278. The summed E-state index contributed by atoms with van der Waals surface area (Å²) in [6.07, 6.45) is 2.25. The molecule has 0 aromatic heterocycles. The molecule has 1 amide bonds. The number of amides is 1. The minimum atomic E-state index is 0. The molecule has 1 saturated heterocycles. The second kappa shape index (κ2) is 12.9. The standard InChI is InChI=1S/C20H33N5O.HI/c1-4-5-11-21-20(22-16-19(26)23(2)3)25-14-12-24(13-15-25)17-18-9-7-6-8-10-18;/h6-10H,4-5,11-17H2,1-3H3,(H,21,22);1H. The van der Waals surface area contributed by atoms with Gasteiger partial charge >= 0.3 is 0 Å². The molecule has 152 valence electrons. The molecular weight excluding hydrogens is 453 g/mol. The van der Waals surface area contributed by atoms with Gasteiger partial charge in [0.05, 0.1) is 0 Å². The molecule has 0 aliphatic carbocycles. The van der Waals surface area contributed by atoms with Gasteiger partial charge in [-0.25, -0.2) is 4.99 Å². The highest BCUT2D eigenvalue weighted by molar-refractivity contribution is 14.0. The van der Waals surface area contributed by atoms with Crippen molar-refractivity contribution in [3.8, 4) is 0 Å². The summed E-state index contributed by atoms with van der Waals surface area (Å²) in [5.74, 6) is 0.899. The van der Waals surface area contributed by atoms with E-state index in [-0.39, 0.29) is 36.4 Å². The van der Waals surface area contributed by atoms with Gasteiger partial charge in [0.15, 0.2) is 5.96 Å². The van der Waals surface area contributed by atoms with Crippen LogP contribution in [0.2, 0.25) is 0 Å². The van der Waals surface area contributed by atoms with Gasteiger partial charge in [-0.2, -0.15) is 0 Å². The number of aliphatic imine (C=N–C) groups is 1. The molecule has 0 saturated carbocycles. The third-order valence-electron chi connectivity index (χ3n) is 4.60. The van der Waals surface area contributed by atoms with Crippen LogP contribution in [0.1, 0.15) is 25.3 Å². The van der Waals surface area contributed by atoms with E-state index in [1.165, 1.54) is 5.56 Å². The van der Waals surface area contributed by atoms with Gasteiger partial charge in [-0.05, 0) is 12.0 Å². The summed E-state index contributed by atoms with van der Waals surface area (Å²) in [6, 6.07) is 10.6. The van der Waals surface area contributed by atoms with Crippen molar-refractivity contribution in [2.75, 3.05) is 53.4 Å². The molecular formula is C20H34IN5O. The van der Waals surface area contributed by atoms with Crippen LogP contribution < -0.4 is 5.32 Å².